The van der Waals surface area contributed by atoms with Gasteiger partial charge in [0.15, 0.2) is 0 Å². The van der Waals surface area contributed by atoms with Crippen LogP contribution in [0.4, 0.5) is 5.69 Å². The molecule has 1 fully saturated rings. The first-order valence-electron chi connectivity index (χ1n) is 11.4. The average Bonchev–Trinajstić information content (AvgIpc) is 3.51. The lowest BCUT2D eigenvalue weighted by Gasteiger charge is -2.28. The quantitative estimate of drug-likeness (QED) is 0.429. The Kier molecular flexibility index (Phi) is 5.03. The minimum Gasteiger partial charge on any atom is -0.346 e. The van der Waals surface area contributed by atoms with Gasteiger partial charge in [-0.1, -0.05) is 6.07 Å². The maximum atomic E-state index is 13.0. The Hall–Kier alpha value is -4.11. The van der Waals surface area contributed by atoms with E-state index in [1.54, 1.807) is 24.8 Å². The number of hydrogen-bond acceptors (Lipinski definition) is 6. The van der Waals surface area contributed by atoms with Crippen LogP contribution >= 0.6 is 0 Å². The van der Waals surface area contributed by atoms with Crippen LogP contribution in [0.15, 0.2) is 61.4 Å². The Morgan fingerprint density at radius 2 is 1.88 bits per heavy atom. The third kappa shape index (κ3) is 3.80. The fourth-order valence-electron chi connectivity index (χ4n) is 4.56. The molecule has 1 amide bonds. The number of piperidine rings is 1. The molecule has 9 nitrogen and oxygen atoms in total. The molecule has 1 aliphatic rings. The molecular formula is C25H24N8O. The number of likely N-dealkylation sites (tertiary alicyclic amines) is 1. The maximum absolute atomic E-state index is 13.0. The molecule has 0 aliphatic carbocycles. The second-order valence-electron chi connectivity index (χ2n) is 8.78. The van der Waals surface area contributed by atoms with Gasteiger partial charge in [0.05, 0.1) is 34.5 Å². The first-order valence-corrected chi connectivity index (χ1v) is 11.4. The van der Waals surface area contributed by atoms with Gasteiger partial charge in [0.2, 0.25) is 0 Å². The number of benzene rings is 1. The van der Waals surface area contributed by atoms with Crippen LogP contribution in [-0.4, -0.2) is 60.7 Å². The van der Waals surface area contributed by atoms with Crippen molar-refractivity contribution in [1.29, 1.82) is 0 Å². The van der Waals surface area contributed by atoms with Crippen molar-refractivity contribution in [2.24, 2.45) is 0 Å². The van der Waals surface area contributed by atoms with Crippen LogP contribution in [0.3, 0.4) is 0 Å². The molecule has 6 rings (SSSR count). The number of carbonyl (C=O) groups is 1. The van der Waals surface area contributed by atoms with E-state index in [1.165, 1.54) is 0 Å². The number of anilines is 1. The van der Waals surface area contributed by atoms with Crippen molar-refractivity contribution in [1.82, 2.24) is 34.6 Å². The van der Waals surface area contributed by atoms with Crippen LogP contribution in [0.2, 0.25) is 0 Å². The first-order chi connectivity index (χ1) is 16.6. The molecule has 34 heavy (non-hydrogen) atoms. The molecule has 2 N–H and O–H groups in total. The number of fused-ring (bicyclic) bond motifs is 2. The summed E-state index contributed by atoms with van der Waals surface area (Å²) in [6.07, 6.45) is 12.6. The Morgan fingerprint density at radius 3 is 2.74 bits per heavy atom. The molecule has 4 aromatic heterocycles. The molecule has 0 bridgehead atoms. The van der Waals surface area contributed by atoms with Gasteiger partial charge in [-0.3, -0.25) is 19.4 Å². The number of hydrogen-bond donors (Lipinski definition) is 2. The summed E-state index contributed by atoms with van der Waals surface area (Å²) in [5.74, 6) is -0.214. The van der Waals surface area contributed by atoms with Crippen molar-refractivity contribution in [3.8, 4) is 11.1 Å². The van der Waals surface area contributed by atoms with Gasteiger partial charge in [0.25, 0.3) is 5.91 Å². The van der Waals surface area contributed by atoms with E-state index in [0.29, 0.717) is 17.3 Å². The zero-order valence-corrected chi connectivity index (χ0v) is 18.8. The number of aromatic amines is 1. The second-order valence-corrected chi connectivity index (χ2v) is 8.78. The monoisotopic (exact) mass is 452 g/mol. The van der Waals surface area contributed by atoms with E-state index in [-0.39, 0.29) is 5.91 Å². The lowest BCUT2D eigenvalue weighted by Crippen LogP contribution is -2.31. The van der Waals surface area contributed by atoms with Gasteiger partial charge in [0.1, 0.15) is 5.65 Å². The summed E-state index contributed by atoms with van der Waals surface area (Å²) in [7, 11) is 2.14. The molecule has 170 valence electrons. The molecular weight excluding hydrogens is 428 g/mol. The number of nitrogens with one attached hydrogen (secondary N) is 2. The van der Waals surface area contributed by atoms with Crippen LogP contribution in [0, 0.1) is 0 Å². The minimum atomic E-state index is -0.214. The van der Waals surface area contributed by atoms with E-state index in [9.17, 15) is 4.79 Å². The van der Waals surface area contributed by atoms with Gasteiger partial charge >= 0.3 is 0 Å². The topological polar surface area (TPSA) is 105 Å². The van der Waals surface area contributed by atoms with Gasteiger partial charge < -0.3 is 15.2 Å². The van der Waals surface area contributed by atoms with Gasteiger partial charge in [-0.05, 0) is 56.7 Å². The standard InChI is InChI=1S/C25H24N8O/c1-32-8-4-19(5-9-32)33-15-18(13-30-33)31-25(34)17-10-20-21(14-29-24(20)28-12-17)16-2-3-22-23(11-16)27-7-6-26-22/h2-3,6-7,10-15,19H,4-5,8-9H2,1H3,(H,28,29)(H,31,34). The lowest BCUT2D eigenvalue weighted by atomic mass is 10.0. The average molecular weight is 453 g/mol. The fraction of sp³-hybridized carbons (Fsp3) is 0.240. The SMILES string of the molecule is CN1CCC(n2cc(NC(=O)c3cnc4[nH]cc(-c5ccc6nccnc6c5)c4c3)cn2)CC1. The van der Waals surface area contributed by atoms with Crippen molar-refractivity contribution < 1.29 is 4.79 Å². The van der Waals surface area contributed by atoms with Gasteiger partial charge in [0, 0.05) is 41.9 Å². The van der Waals surface area contributed by atoms with Crippen molar-refractivity contribution in [2.45, 2.75) is 18.9 Å². The summed E-state index contributed by atoms with van der Waals surface area (Å²) in [5.41, 5.74) is 5.49. The Balaban J connectivity index is 1.25. The van der Waals surface area contributed by atoms with E-state index in [1.807, 2.05) is 41.3 Å². The smallest absolute Gasteiger partial charge is 0.257 e. The fourth-order valence-corrected chi connectivity index (χ4v) is 4.56. The molecule has 0 saturated carbocycles. The molecule has 0 radical (unpaired) electrons. The van der Waals surface area contributed by atoms with Crippen LogP contribution in [0.5, 0.6) is 0 Å². The van der Waals surface area contributed by atoms with Crippen LogP contribution in [-0.2, 0) is 0 Å². The molecule has 9 heteroatoms. The summed E-state index contributed by atoms with van der Waals surface area (Å²) in [6, 6.07) is 8.18. The third-order valence-corrected chi connectivity index (χ3v) is 6.50. The van der Waals surface area contributed by atoms with Crippen molar-refractivity contribution in [3.05, 3.63) is 67.0 Å². The first kappa shape index (κ1) is 20.5. The normalized spacial score (nSPS) is 15.2. The molecule has 0 spiro atoms. The maximum Gasteiger partial charge on any atom is 0.257 e. The number of nitrogens with zero attached hydrogens (tertiary/aromatic N) is 6. The summed E-state index contributed by atoms with van der Waals surface area (Å²) in [6.45, 7) is 2.11. The Bertz CT molecular complexity index is 1500. The molecule has 5 heterocycles. The highest BCUT2D eigenvalue weighted by molar-refractivity contribution is 6.07. The largest absolute Gasteiger partial charge is 0.346 e. The highest BCUT2D eigenvalue weighted by atomic mass is 16.1. The van der Waals surface area contributed by atoms with Gasteiger partial charge in [-0.2, -0.15) is 5.10 Å². The molecule has 1 aliphatic heterocycles. The molecule has 1 aromatic carbocycles. The van der Waals surface area contributed by atoms with Crippen LogP contribution in [0.25, 0.3) is 33.2 Å². The third-order valence-electron chi connectivity index (χ3n) is 6.50. The van der Waals surface area contributed by atoms with E-state index >= 15 is 0 Å². The summed E-state index contributed by atoms with van der Waals surface area (Å²) in [4.78, 5) is 31.7. The van der Waals surface area contributed by atoms with E-state index in [2.05, 4.69) is 42.3 Å². The van der Waals surface area contributed by atoms with Gasteiger partial charge in [-0.15, -0.1) is 0 Å². The predicted octanol–water partition coefficient (Wildman–Crippen LogP) is 3.89. The lowest BCUT2D eigenvalue weighted by molar-refractivity contribution is 0.102. The molecule has 0 atom stereocenters. The number of carbonyl (C=O) groups excluding carboxylic acids is 1. The number of H-pyrrole nitrogens is 1. The van der Waals surface area contributed by atoms with E-state index in [0.717, 1.165) is 59.1 Å². The Morgan fingerprint density at radius 1 is 1.06 bits per heavy atom. The zero-order chi connectivity index (χ0) is 23.1. The van der Waals surface area contributed by atoms with Gasteiger partial charge in [-0.25, -0.2) is 4.98 Å². The molecule has 1 saturated heterocycles. The highest BCUT2D eigenvalue weighted by Crippen LogP contribution is 2.30. The Labute approximate surface area is 195 Å². The summed E-state index contributed by atoms with van der Waals surface area (Å²) in [5, 5.41) is 8.32. The number of amides is 1. The van der Waals surface area contributed by atoms with Crippen LogP contribution in [0.1, 0.15) is 29.2 Å². The summed E-state index contributed by atoms with van der Waals surface area (Å²) >= 11 is 0. The van der Waals surface area contributed by atoms with E-state index < -0.39 is 0 Å². The number of pyridine rings is 1. The predicted molar refractivity (Wildman–Crippen MR) is 131 cm³/mol. The second kappa shape index (κ2) is 8.35. The van der Waals surface area contributed by atoms with E-state index in [4.69, 9.17) is 0 Å². The van der Waals surface area contributed by atoms with Crippen molar-refractivity contribution in [2.75, 3.05) is 25.5 Å². The van der Waals surface area contributed by atoms with Crippen LogP contribution < -0.4 is 5.32 Å². The number of aromatic nitrogens is 6. The molecule has 0 unspecified atom stereocenters. The highest BCUT2D eigenvalue weighted by Gasteiger charge is 2.19. The number of rotatable bonds is 4. The molecule has 5 aromatic rings. The minimum absolute atomic E-state index is 0.214. The summed E-state index contributed by atoms with van der Waals surface area (Å²) < 4.78 is 1.97. The van der Waals surface area contributed by atoms with Crippen molar-refractivity contribution in [3.63, 3.8) is 0 Å². The zero-order valence-electron chi connectivity index (χ0n) is 18.8. The van der Waals surface area contributed by atoms with Crippen molar-refractivity contribution >= 4 is 33.7 Å².